The molecule has 5 unspecified atom stereocenters. The third-order valence-corrected chi connectivity index (χ3v) is 5.14. The molecule has 0 aromatic rings. The van der Waals surface area contributed by atoms with Crippen LogP contribution >= 0.6 is 0 Å². The molecule has 5 atom stereocenters. The summed E-state index contributed by atoms with van der Waals surface area (Å²) in [4.78, 5) is 71.6. The molecule has 0 saturated heterocycles. The second-order valence-corrected chi connectivity index (χ2v) is 8.28. The lowest BCUT2D eigenvalue weighted by Gasteiger charge is -2.27. The third kappa shape index (κ3) is 10.8. The quantitative estimate of drug-likeness (QED) is 0.136. The zero-order chi connectivity index (χ0) is 25.9. The topological polar surface area (TPSA) is 237 Å². The molecule has 0 saturated carbocycles. The normalized spacial score (nSPS) is 15.5. The molecule has 188 valence electrons. The van der Waals surface area contributed by atoms with E-state index in [-0.39, 0.29) is 18.8 Å². The van der Waals surface area contributed by atoms with Crippen LogP contribution in [-0.2, 0) is 28.8 Å². The number of hydrogen-bond acceptors (Lipinski definition) is 7. The van der Waals surface area contributed by atoms with Gasteiger partial charge >= 0.3 is 5.97 Å². The summed E-state index contributed by atoms with van der Waals surface area (Å²) in [6, 6.07) is -4.89. The lowest BCUT2D eigenvalue weighted by atomic mass is 9.98. The van der Waals surface area contributed by atoms with E-state index >= 15 is 0 Å². The molecule has 0 rings (SSSR count). The number of nitrogens with one attached hydrogen (secondary N) is 3. The van der Waals surface area contributed by atoms with Gasteiger partial charge in [-0.1, -0.05) is 34.1 Å². The predicted molar refractivity (Wildman–Crippen MR) is 118 cm³/mol. The molecule has 0 fully saturated rings. The minimum atomic E-state index is -1.58. The van der Waals surface area contributed by atoms with Gasteiger partial charge in [0.05, 0.1) is 12.5 Å². The van der Waals surface area contributed by atoms with Crippen molar-refractivity contribution in [3.8, 4) is 0 Å². The van der Waals surface area contributed by atoms with Gasteiger partial charge in [0.1, 0.15) is 18.1 Å². The molecule has 13 heteroatoms. The Balaban J connectivity index is 5.54. The smallest absolute Gasteiger partial charge is 0.326 e. The van der Waals surface area contributed by atoms with Gasteiger partial charge in [0, 0.05) is 6.42 Å². The molecule has 0 aliphatic rings. The van der Waals surface area contributed by atoms with E-state index in [2.05, 4.69) is 16.0 Å². The Morgan fingerprint density at radius 3 is 1.79 bits per heavy atom. The average molecular weight is 473 g/mol. The molecule has 33 heavy (non-hydrogen) atoms. The lowest BCUT2D eigenvalue weighted by molar-refractivity contribution is -0.144. The maximum absolute atomic E-state index is 12.9. The molecule has 0 aromatic carbocycles. The zero-order valence-electron chi connectivity index (χ0n) is 19.4. The van der Waals surface area contributed by atoms with Crippen LogP contribution in [-0.4, -0.2) is 64.8 Å². The maximum atomic E-state index is 12.9. The fourth-order valence-electron chi connectivity index (χ4n) is 2.79. The van der Waals surface area contributed by atoms with Crippen molar-refractivity contribution in [3.63, 3.8) is 0 Å². The fraction of sp³-hybridized carbons (Fsp3) is 0.700. The largest absolute Gasteiger partial charge is 0.480 e. The third-order valence-electron chi connectivity index (χ3n) is 5.14. The van der Waals surface area contributed by atoms with Crippen molar-refractivity contribution >= 4 is 35.5 Å². The molecule has 5 amide bonds. The van der Waals surface area contributed by atoms with Crippen LogP contribution in [0, 0.1) is 11.8 Å². The minimum absolute atomic E-state index is 0.133. The standard InChI is InChI=1S/C20H36N6O7/c1-5-10(4)15(23)18(30)24-11(6-7-13(21)27)17(29)26-16(9(2)3)19(31)25-12(20(32)33)8-14(22)28/h9-12,15-16H,5-8,23H2,1-4H3,(H2,21,27)(H2,22,28)(H,24,30)(H,25,31)(H,26,29)(H,32,33). The molecule has 0 bridgehead atoms. The van der Waals surface area contributed by atoms with Crippen LogP contribution in [0.25, 0.3) is 0 Å². The van der Waals surface area contributed by atoms with E-state index in [0.29, 0.717) is 6.42 Å². The van der Waals surface area contributed by atoms with Gasteiger partial charge in [-0.25, -0.2) is 4.79 Å². The number of aliphatic carboxylic acids is 1. The van der Waals surface area contributed by atoms with Gasteiger partial charge in [-0.3, -0.25) is 24.0 Å². The highest BCUT2D eigenvalue weighted by molar-refractivity contribution is 5.95. The number of carbonyl (C=O) groups excluding carboxylic acids is 5. The highest BCUT2D eigenvalue weighted by Gasteiger charge is 2.32. The van der Waals surface area contributed by atoms with Crippen LogP contribution in [0.5, 0.6) is 0 Å². The Hall–Kier alpha value is -3.22. The first-order valence-electron chi connectivity index (χ1n) is 10.7. The van der Waals surface area contributed by atoms with E-state index in [0.717, 1.165) is 0 Å². The number of carboxylic acids is 1. The maximum Gasteiger partial charge on any atom is 0.326 e. The number of carbonyl (C=O) groups is 6. The highest BCUT2D eigenvalue weighted by Crippen LogP contribution is 2.09. The Morgan fingerprint density at radius 2 is 1.36 bits per heavy atom. The van der Waals surface area contributed by atoms with Crippen LogP contribution in [0.1, 0.15) is 53.4 Å². The van der Waals surface area contributed by atoms with E-state index in [1.54, 1.807) is 20.8 Å². The molecule has 13 nitrogen and oxygen atoms in total. The fourth-order valence-corrected chi connectivity index (χ4v) is 2.79. The van der Waals surface area contributed by atoms with Crippen molar-refractivity contribution in [2.45, 2.75) is 77.5 Å². The Labute approximate surface area is 192 Å². The Morgan fingerprint density at radius 1 is 0.818 bits per heavy atom. The van der Waals surface area contributed by atoms with Gasteiger partial charge < -0.3 is 38.3 Å². The van der Waals surface area contributed by atoms with Gasteiger partial charge in [-0.2, -0.15) is 0 Å². The number of amides is 5. The zero-order valence-corrected chi connectivity index (χ0v) is 19.4. The van der Waals surface area contributed by atoms with Crippen LogP contribution in [0.4, 0.5) is 0 Å². The molecular weight excluding hydrogens is 436 g/mol. The summed E-state index contributed by atoms with van der Waals surface area (Å²) in [5.41, 5.74) is 16.1. The Bertz CT molecular complexity index is 742. The molecule has 0 aliphatic heterocycles. The second kappa shape index (κ2) is 14.0. The molecular formula is C20H36N6O7. The number of hydrogen-bond donors (Lipinski definition) is 7. The number of rotatable bonds is 15. The number of carboxylic acid groups (broad SMARTS) is 1. The summed E-state index contributed by atoms with van der Waals surface area (Å²) in [6.07, 6.45) is -0.357. The lowest BCUT2D eigenvalue weighted by Crippen LogP contribution is -2.59. The van der Waals surface area contributed by atoms with Gasteiger partial charge in [-0.15, -0.1) is 0 Å². The van der Waals surface area contributed by atoms with Crippen molar-refractivity contribution in [1.29, 1.82) is 0 Å². The first-order valence-corrected chi connectivity index (χ1v) is 10.7. The van der Waals surface area contributed by atoms with Crippen LogP contribution in [0.2, 0.25) is 0 Å². The van der Waals surface area contributed by atoms with E-state index < -0.39 is 72.0 Å². The molecule has 0 heterocycles. The average Bonchev–Trinajstić information content (AvgIpc) is 2.71. The molecule has 0 spiro atoms. The second-order valence-electron chi connectivity index (χ2n) is 8.28. The SMILES string of the molecule is CCC(C)C(N)C(=O)NC(CCC(N)=O)C(=O)NC(C(=O)NC(CC(N)=O)C(=O)O)C(C)C. The van der Waals surface area contributed by atoms with Gasteiger partial charge in [0.2, 0.25) is 29.5 Å². The summed E-state index contributed by atoms with van der Waals surface area (Å²) < 4.78 is 0. The summed E-state index contributed by atoms with van der Waals surface area (Å²) in [5.74, 6) is -6.00. The van der Waals surface area contributed by atoms with Gasteiger partial charge in [-0.05, 0) is 18.3 Å². The Kier molecular flexibility index (Phi) is 12.7. The highest BCUT2D eigenvalue weighted by atomic mass is 16.4. The van der Waals surface area contributed by atoms with Gasteiger partial charge in [0.15, 0.2) is 0 Å². The number of primary amides is 2. The first kappa shape index (κ1) is 29.8. The minimum Gasteiger partial charge on any atom is -0.480 e. The summed E-state index contributed by atoms with van der Waals surface area (Å²) in [7, 11) is 0. The van der Waals surface area contributed by atoms with Crippen LogP contribution in [0.15, 0.2) is 0 Å². The van der Waals surface area contributed by atoms with E-state index in [4.69, 9.17) is 17.2 Å². The van der Waals surface area contributed by atoms with Crippen molar-refractivity contribution in [1.82, 2.24) is 16.0 Å². The molecule has 0 aromatic heterocycles. The molecule has 10 N–H and O–H groups in total. The van der Waals surface area contributed by atoms with Crippen LogP contribution in [0.3, 0.4) is 0 Å². The summed E-state index contributed by atoms with van der Waals surface area (Å²) in [6.45, 7) is 6.82. The first-order chi connectivity index (χ1) is 15.2. The van der Waals surface area contributed by atoms with Crippen molar-refractivity contribution in [2.75, 3.05) is 0 Å². The summed E-state index contributed by atoms with van der Waals surface area (Å²) in [5, 5.41) is 16.3. The monoisotopic (exact) mass is 472 g/mol. The van der Waals surface area contributed by atoms with Gasteiger partial charge in [0.25, 0.3) is 0 Å². The summed E-state index contributed by atoms with van der Waals surface area (Å²) >= 11 is 0. The van der Waals surface area contributed by atoms with Crippen molar-refractivity contribution in [3.05, 3.63) is 0 Å². The predicted octanol–water partition coefficient (Wildman–Crippen LogP) is -2.30. The molecule has 0 radical (unpaired) electrons. The van der Waals surface area contributed by atoms with E-state index in [1.807, 2.05) is 6.92 Å². The van der Waals surface area contributed by atoms with Crippen molar-refractivity contribution < 1.29 is 33.9 Å². The van der Waals surface area contributed by atoms with Crippen molar-refractivity contribution in [2.24, 2.45) is 29.0 Å². The van der Waals surface area contributed by atoms with E-state index in [1.165, 1.54) is 0 Å². The van der Waals surface area contributed by atoms with Crippen LogP contribution < -0.4 is 33.2 Å². The number of nitrogens with two attached hydrogens (primary N) is 3. The molecule has 0 aliphatic carbocycles. The van der Waals surface area contributed by atoms with E-state index in [9.17, 15) is 33.9 Å².